The van der Waals surface area contributed by atoms with Crippen molar-refractivity contribution in [1.82, 2.24) is 0 Å². The van der Waals surface area contributed by atoms with Crippen LogP contribution in [0.15, 0.2) is 61.2 Å². The lowest BCUT2D eigenvalue weighted by molar-refractivity contribution is 0.0734. The van der Waals surface area contributed by atoms with Crippen LogP contribution in [-0.2, 0) is 0 Å². The summed E-state index contributed by atoms with van der Waals surface area (Å²) in [6.07, 6.45) is 9.51. The van der Waals surface area contributed by atoms with Crippen molar-refractivity contribution < 1.29 is 14.3 Å². The number of rotatable bonds is 8. The summed E-state index contributed by atoms with van der Waals surface area (Å²) in [4.78, 5) is 12.4. The molecule has 0 aliphatic heterocycles. The van der Waals surface area contributed by atoms with Crippen molar-refractivity contribution in [3.63, 3.8) is 0 Å². The van der Waals surface area contributed by atoms with Crippen LogP contribution in [0.3, 0.4) is 0 Å². The standard InChI is InChI=1S/C25H30O3/c1-3-5-19-6-8-20(9-7-19)21-10-12-22(13-11-21)25(26)28-24-16-14-23(15-17-24)27-18-4-2/h4,10-17,19-20H,2-3,5-9,18H2,1H3. The second-order valence-corrected chi connectivity index (χ2v) is 7.59. The van der Waals surface area contributed by atoms with Crippen molar-refractivity contribution in [1.29, 1.82) is 0 Å². The molecule has 0 spiro atoms. The Balaban J connectivity index is 1.54. The third-order valence-corrected chi connectivity index (χ3v) is 5.56. The molecule has 0 atom stereocenters. The summed E-state index contributed by atoms with van der Waals surface area (Å²) in [5, 5.41) is 0. The van der Waals surface area contributed by atoms with Crippen molar-refractivity contribution in [2.45, 2.75) is 51.4 Å². The molecule has 0 bridgehead atoms. The summed E-state index contributed by atoms with van der Waals surface area (Å²) in [5.41, 5.74) is 1.92. The molecule has 0 amide bonds. The van der Waals surface area contributed by atoms with E-state index in [1.165, 1.54) is 44.1 Å². The van der Waals surface area contributed by atoms with Crippen LogP contribution in [0, 0.1) is 5.92 Å². The van der Waals surface area contributed by atoms with Gasteiger partial charge in [-0.25, -0.2) is 4.79 Å². The molecule has 1 aliphatic carbocycles. The van der Waals surface area contributed by atoms with Crippen molar-refractivity contribution in [3.05, 3.63) is 72.3 Å². The van der Waals surface area contributed by atoms with Crippen molar-refractivity contribution in [2.75, 3.05) is 6.61 Å². The second kappa shape index (κ2) is 10.1. The van der Waals surface area contributed by atoms with Gasteiger partial charge in [-0.3, -0.25) is 0 Å². The number of esters is 1. The Labute approximate surface area is 168 Å². The van der Waals surface area contributed by atoms with Gasteiger partial charge >= 0.3 is 5.97 Å². The van der Waals surface area contributed by atoms with Crippen LogP contribution in [-0.4, -0.2) is 12.6 Å². The minimum absolute atomic E-state index is 0.335. The summed E-state index contributed by atoms with van der Waals surface area (Å²) in [7, 11) is 0. The maximum atomic E-state index is 12.4. The number of carbonyl (C=O) groups is 1. The zero-order valence-corrected chi connectivity index (χ0v) is 16.7. The van der Waals surface area contributed by atoms with Crippen molar-refractivity contribution in [2.24, 2.45) is 5.92 Å². The Hall–Kier alpha value is -2.55. The molecule has 0 heterocycles. The fourth-order valence-electron chi connectivity index (χ4n) is 4.01. The Morgan fingerprint density at radius 2 is 1.64 bits per heavy atom. The largest absolute Gasteiger partial charge is 0.490 e. The Morgan fingerprint density at radius 1 is 1.00 bits per heavy atom. The molecular formula is C25H30O3. The molecule has 1 saturated carbocycles. The molecule has 148 valence electrons. The lowest BCUT2D eigenvalue weighted by atomic mass is 9.77. The van der Waals surface area contributed by atoms with E-state index in [1.807, 2.05) is 12.1 Å². The van der Waals surface area contributed by atoms with E-state index in [0.717, 1.165) is 11.7 Å². The van der Waals surface area contributed by atoms with Crippen LogP contribution in [0.4, 0.5) is 0 Å². The fourth-order valence-corrected chi connectivity index (χ4v) is 4.01. The molecule has 28 heavy (non-hydrogen) atoms. The molecule has 0 radical (unpaired) electrons. The second-order valence-electron chi connectivity index (χ2n) is 7.59. The van der Waals surface area contributed by atoms with Crippen LogP contribution in [0.5, 0.6) is 11.5 Å². The van der Waals surface area contributed by atoms with E-state index >= 15 is 0 Å². The molecule has 2 aromatic rings. The first-order chi connectivity index (χ1) is 13.7. The van der Waals surface area contributed by atoms with Crippen LogP contribution in [0.2, 0.25) is 0 Å². The monoisotopic (exact) mass is 378 g/mol. The average Bonchev–Trinajstić information content (AvgIpc) is 2.74. The first-order valence-corrected chi connectivity index (χ1v) is 10.4. The van der Waals surface area contributed by atoms with Crippen molar-refractivity contribution in [3.8, 4) is 11.5 Å². The Bertz CT molecular complexity index is 753. The maximum absolute atomic E-state index is 12.4. The summed E-state index contributed by atoms with van der Waals surface area (Å²) >= 11 is 0. The molecule has 0 saturated heterocycles. The maximum Gasteiger partial charge on any atom is 0.343 e. The van der Waals surface area contributed by atoms with Crippen LogP contribution < -0.4 is 9.47 Å². The Morgan fingerprint density at radius 3 is 2.25 bits per heavy atom. The molecule has 2 aromatic carbocycles. The highest BCUT2D eigenvalue weighted by Crippen LogP contribution is 2.37. The van der Waals surface area contributed by atoms with Gasteiger partial charge in [0.15, 0.2) is 0 Å². The quantitative estimate of drug-likeness (QED) is 0.297. The van der Waals surface area contributed by atoms with Gasteiger partial charge in [0.2, 0.25) is 0 Å². The summed E-state index contributed by atoms with van der Waals surface area (Å²) in [5.74, 6) is 2.43. The SMILES string of the molecule is C=CCOc1ccc(OC(=O)c2ccc(C3CCC(CCC)CC3)cc2)cc1. The molecule has 3 heteroatoms. The van der Waals surface area contributed by atoms with Crippen LogP contribution in [0.1, 0.15) is 67.3 Å². The number of ether oxygens (including phenoxy) is 2. The molecule has 0 aromatic heterocycles. The molecule has 0 unspecified atom stereocenters. The minimum atomic E-state index is -0.335. The van der Waals surface area contributed by atoms with Gasteiger partial charge in [0, 0.05) is 0 Å². The lowest BCUT2D eigenvalue weighted by Gasteiger charge is -2.28. The number of hydrogen-bond donors (Lipinski definition) is 0. The van der Waals surface area contributed by atoms with E-state index in [-0.39, 0.29) is 5.97 Å². The third-order valence-electron chi connectivity index (χ3n) is 5.56. The zero-order chi connectivity index (χ0) is 19.8. The smallest absolute Gasteiger partial charge is 0.343 e. The van der Waals surface area contributed by atoms with E-state index in [2.05, 4.69) is 25.6 Å². The van der Waals surface area contributed by atoms with Gasteiger partial charge in [0.1, 0.15) is 18.1 Å². The molecular weight excluding hydrogens is 348 g/mol. The zero-order valence-electron chi connectivity index (χ0n) is 16.7. The van der Waals surface area contributed by atoms with Gasteiger partial charge in [-0.15, -0.1) is 0 Å². The van der Waals surface area contributed by atoms with Gasteiger partial charge in [-0.2, -0.15) is 0 Å². The molecule has 1 fully saturated rings. The van der Waals surface area contributed by atoms with Gasteiger partial charge in [-0.05, 0) is 79.5 Å². The van der Waals surface area contributed by atoms with E-state index < -0.39 is 0 Å². The summed E-state index contributed by atoms with van der Waals surface area (Å²) in [6.45, 7) is 6.34. The van der Waals surface area contributed by atoms with Crippen LogP contribution in [0.25, 0.3) is 0 Å². The summed E-state index contributed by atoms with van der Waals surface area (Å²) < 4.78 is 10.9. The fraction of sp³-hybridized carbons (Fsp3) is 0.400. The van der Waals surface area contributed by atoms with Gasteiger partial charge in [0.05, 0.1) is 5.56 Å². The van der Waals surface area contributed by atoms with E-state index in [0.29, 0.717) is 23.8 Å². The highest BCUT2D eigenvalue weighted by molar-refractivity contribution is 5.91. The van der Waals surface area contributed by atoms with E-state index in [9.17, 15) is 4.79 Å². The summed E-state index contributed by atoms with van der Waals surface area (Å²) in [6, 6.07) is 15.0. The first-order valence-electron chi connectivity index (χ1n) is 10.4. The number of hydrogen-bond acceptors (Lipinski definition) is 3. The van der Waals surface area contributed by atoms with Gasteiger partial charge in [0.25, 0.3) is 0 Å². The van der Waals surface area contributed by atoms with Gasteiger partial charge < -0.3 is 9.47 Å². The molecule has 0 N–H and O–H groups in total. The number of benzene rings is 2. The van der Waals surface area contributed by atoms with E-state index in [1.54, 1.807) is 30.3 Å². The van der Waals surface area contributed by atoms with E-state index in [4.69, 9.17) is 9.47 Å². The Kier molecular flexibility index (Phi) is 7.30. The highest BCUT2D eigenvalue weighted by Gasteiger charge is 2.22. The highest BCUT2D eigenvalue weighted by atomic mass is 16.5. The topological polar surface area (TPSA) is 35.5 Å². The molecule has 3 nitrogen and oxygen atoms in total. The predicted molar refractivity (Wildman–Crippen MR) is 113 cm³/mol. The molecule has 1 aliphatic rings. The molecule has 3 rings (SSSR count). The predicted octanol–water partition coefficient (Wildman–Crippen LogP) is 6.54. The number of carbonyl (C=O) groups excluding carboxylic acids is 1. The average molecular weight is 379 g/mol. The minimum Gasteiger partial charge on any atom is -0.490 e. The van der Waals surface area contributed by atoms with Crippen molar-refractivity contribution >= 4 is 5.97 Å². The first kappa shape index (κ1) is 20.2. The third kappa shape index (κ3) is 5.48. The van der Waals surface area contributed by atoms with Crippen LogP contribution >= 0.6 is 0 Å². The van der Waals surface area contributed by atoms with Gasteiger partial charge in [-0.1, -0.05) is 44.6 Å². The normalized spacial score (nSPS) is 19.0. The lowest BCUT2D eigenvalue weighted by Crippen LogP contribution is -2.13.